The van der Waals surface area contributed by atoms with Gasteiger partial charge in [-0.25, -0.2) is 4.68 Å². The Bertz CT molecular complexity index is 1000. The number of ether oxygens (including phenoxy) is 2. The summed E-state index contributed by atoms with van der Waals surface area (Å²) in [4.78, 5) is 12.6. The van der Waals surface area contributed by atoms with Gasteiger partial charge in [0.05, 0.1) is 19.5 Å². The lowest BCUT2D eigenvalue weighted by Gasteiger charge is -2.13. The SMILES string of the molecule is COc1ccc(NC(=O)[C@@H](C)Sc2nnc(-c3ccc(C)cc3)n2N)cc1OC. The first-order chi connectivity index (χ1) is 13.9. The average Bonchev–Trinajstić information content (AvgIpc) is 3.08. The van der Waals surface area contributed by atoms with Crippen molar-refractivity contribution in [1.29, 1.82) is 0 Å². The molecule has 3 rings (SSSR count). The summed E-state index contributed by atoms with van der Waals surface area (Å²) in [5, 5.41) is 11.2. The molecule has 1 aromatic heterocycles. The molecule has 3 N–H and O–H groups in total. The summed E-state index contributed by atoms with van der Waals surface area (Å²) in [7, 11) is 3.10. The maximum absolute atomic E-state index is 12.6. The third-order valence-electron chi connectivity index (χ3n) is 4.28. The fraction of sp³-hybridized carbons (Fsp3) is 0.250. The van der Waals surface area contributed by atoms with E-state index >= 15 is 0 Å². The molecule has 152 valence electrons. The standard InChI is InChI=1S/C20H23N5O3S/c1-12-5-7-14(8-6-12)18-23-24-20(25(18)21)29-13(2)19(26)22-15-9-10-16(27-3)17(11-15)28-4/h5-11,13H,21H2,1-4H3,(H,22,26)/t13-/m1/s1. The lowest BCUT2D eigenvalue weighted by Crippen LogP contribution is -2.23. The van der Waals surface area contributed by atoms with Gasteiger partial charge < -0.3 is 20.6 Å². The Hall–Kier alpha value is -3.20. The molecular weight excluding hydrogens is 390 g/mol. The summed E-state index contributed by atoms with van der Waals surface area (Å²) in [6, 6.07) is 13.0. The molecule has 0 radical (unpaired) electrons. The number of hydrogen-bond donors (Lipinski definition) is 2. The van der Waals surface area contributed by atoms with Gasteiger partial charge in [0.25, 0.3) is 0 Å². The second-order valence-electron chi connectivity index (χ2n) is 6.36. The Morgan fingerprint density at radius 2 is 1.79 bits per heavy atom. The number of hydrogen-bond acceptors (Lipinski definition) is 7. The summed E-state index contributed by atoms with van der Waals surface area (Å²) in [6.07, 6.45) is 0. The Labute approximate surface area is 173 Å². The number of aryl methyl sites for hydroxylation is 1. The molecule has 1 amide bonds. The average molecular weight is 414 g/mol. The lowest BCUT2D eigenvalue weighted by atomic mass is 10.1. The molecule has 0 saturated carbocycles. The number of anilines is 1. The number of nitrogen functional groups attached to an aromatic ring is 1. The van der Waals surface area contributed by atoms with Crippen molar-refractivity contribution in [2.45, 2.75) is 24.3 Å². The molecule has 3 aromatic rings. The van der Waals surface area contributed by atoms with Crippen molar-refractivity contribution < 1.29 is 14.3 Å². The van der Waals surface area contributed by atoms with Crippen LogP contribution in [0.25, 0.3) is 11.4 Å². The molecule has 0 spiro atoms. The van der Waals surface area contributed by atoms with Crippen LogP contribution >= 0.6 is 11.8 Å². The molecule has 2 aromatic carbocycles. The van der Waals surface area contributed by atoms with Crippen molar-refractivity contribution >= 4 is 23.4 Å². The molecule has 1 atom stereocenters. The number of amides is 1. The topological polar surface area (TPSA) is 104 Å². The van der Waals surface area contributed by atoms with Crippen LogP contribution in [0.4, 0.5) is 5.69 Å². The fourth-order valence-corrected chi connectivity index (χ4v) is 3.40. The minimum atomic E-state index is -0.444. The Morgan fingerprint density at radius 3 is 2.45 bits per heavy atom. The Morgan fingerprint density at radius 1 is 1.10 bits per heavy atom. The highest BCUT2D eigenvalue weighted by Crippen LogP contribution is 2.30. The van der Waals surface area contributed by atoms with Crippen LogP contribution in [0.15, 0.2) is 47.6 Å². The van der Waals surface area contributed by atoms with E-state index in [4.69, 9.17) is 15.3 Å². The normalized spacial score (nSPS) is 11.7. The van der Waals surface area contributed by atoms with Crippen molar-refractivity contribution in [2.24, 2.45) is 0 Å². The molecule has 0 aliphatic carbocycles. The Balaban J connectivity index is 1.69. The zero-order valence-electron chi connectivity index (χ0n) is 16.7. The van der Waals surface area contributed by atoms with E-state index in [1.54, 1.807) is 39.3 Å². The summed E-state index contributed by atoms with van der Waals surface area (Å²) >= 11 is 1.23. The smallest absolute Gasteiger partial charge is 0.237 e. The van der Waals surface area contributed by atoms with E-state index < -0.39 is 5.25 Å². The third kappa shape index (κ3) is 4.62. The largest absolute Gasteiger partial charge is 0.493 e. The highest BCUT2D eigenvalue weighted by Gasteiger charge is 2.20. The van der Waals surface area contributed by atoms with Gasteiger partial charge in [0.15, 0.2) is 17.3 Å². The molecule has 0 fully saturated rings. The number of aromatic nitrogens is 3. The quantitative estimate of drug-likeness (QED) is 0.453. The van der Waals surface area contributed by atoms with Gasteiger partial charge in [-0.05, 0) is 26.0 Å². The monoisotopic (exact) mass is 413 g/mol. The third-order valence-corrected chi connectivity index (χ3v) is 5.33. The first kappa shape index (κ1) is 20.5. The minimum absolute atomic E-state index is 0.192. The summed E-state index contributed by atoms with van der Waals surface area (Å²) in [6.45, 7) is 3.79. The van der Waals surface area contributed by atoms with Crippen molar-refractivity contribution in [1.82, 2.24) is 14.9 Å². The fourth-order valence-electron chi connectivity index (χ4n) is 2.63. The molecular formula is C20H23N5O3S. The number of carbonyl (C=O) groups excluding carboxylic acids is 1. The van der Waals surface area contributed by atoms with Gasteiger partial charge >= 0.3 is 0 Å². The molecule has 8 nitrogen and oxygen atoms in total. The van der Waals surface area contributed by atoms with E-state index in [1.165, 1.54) is 16.4 Å². The molecule has 9 heteroatoms. The highest BCUT2D eigenvalue weighted by atomic mass is 32.2. The van der Waals surface area contributed by atoms with Gasteiger partial charge in [-0.2, -0.15) is 0 Å². The van der Waals surface area contributed by atoms with E-state index in [2.05, 4.69) is 15.5 Å². The summed E-state index contributed by atoms with van der Waals surface area (Å²) in [5.74, 6) is 7.63. The number of nitrogens with two attached hydrogens (primary N) is 1. The minimum Gasteiger partial charge on any atom is -0.493 e. The van der Waals surface area contributed by atoms with Crippen molar-refractivity contribution in [3.8, 4) is 22.9 Å². The maximum atomic E-state index is 12.6. The zero-order chi connectivity index (χ0) is 21.0. The second kappa shape index (κ2) is 8.87. The van der Waals surface area contributed by atoms with Gasteiger partial charge in [0.2, 0.25) is 11.1 Å². The molecule has 0 aliphatic heterocycles. The number of rotatable bonds is 7. The van der Waals surface area contributed by atoms with E-state index in [1.807, 2.05) is 31.2 Å². The molecule has 0 saturated heterocycles. The van der Waals surface area contributed by atoms with Crippen molar-refractivity contribution in [3.05, 3.63) is 48.0 Å². The van der Waals surface area contributed by atoms with E-state index in [9.17, 15) is 4.79 Å². The van der Waals surface area contributed by atoms with Gasteiger partial charge in [0.1, 0.15) is 0 Å². The van der Waals surface area contributed by atoms with Crippen LogP contribution in [-0.2, 0) is 4.79 Å². The zero-order valence-corrected chi connectivity index (χ0v) is 17.5. The number of benzene rings is 2. The van der Waals surface area contributed by atoms with Gasteiger partial charge in [-0.15, -0.1) is 10.2 Å². The van der Waals surface area contributed by atoms with E-state index in [0.717, 1.165) is 11.1 Å². The van der Waals surface area contributed by atoms with E-state index in [-0.39, 0.29) is 5.91 Å². The highest BCUT2D eigenvalue weighted by molar-refractivity contribution is 8.00. The van der Waals surface area contributed by atoms with Gasteiger partial charge in [0, 0.05) is 17.3 Å². The number of methoxy groups -OCH3 is 2. The number of thioether (sulfide) groups is 1. The van der Waals surface area contributed by atoms with Crippen LogP contribution in [0.3, 0.4) is 0 Å². The maximum Gasteiger partial charge on any atom is 0.237 e. The van der Waals surface area contributed by atoms with Crippen LogP contribution < -0.4 is 20.6 Å². The van der Waals surface area contributed by atoms with Gasteiger partial charge in [-0.1, -0.05) is 41.6 Å². The summed E-state index contributed by atoms with van der Waals surface area (Å²) in [5.41, 5.74) is 2.61. The van der Waals surface area contributed by atoms with Crippen molar-refractivity contribution in [2.75, 3.05) is 25.4 Å². The molecule has 29 heavy (non-hydrogen) atoms. The molecule has 0 unspecified atom stereocenters. The Kier molecular flexibility index (Phi) is 6.28. The van der Waals surface area contributed by atoms with Crippen LogP contribution in [0, 0.1) is 6.92 Å². The first-order valence-corrected chi connectivity index (χ1v) is 9.78. The number of carbonyl (C=O) groups is 1. The van der Waals surface area contributed by atoms with Gasteiger partial charge in [-0.3, -0.25) is 4.79 Å². The van der Waals surface area contributed by atoms with Crippen LogP contribution in [0.5, 0.6) is 11.5 Å². The summed E-state index contributed by atoms with van der Waals surface area (Å²) < 4.78 is 11.9. The number of nitrogens with zero attached hydrogens (tertiary/aromatic N) is 3. The van der Waals surface area contributed by atoms with Crippen molar-refractivity contribution in [3.63, 3.8) is 0 Å². The van der Waals surface area contributed by atoms with Crippen LogP contribution in [0.1, 0.15) is 12.5 Å². The predicted octanol–water partition coefficient (Wildman–Crippen LogP) is 3.10. The lowest BCUT2D eigenvalue weighted by molar-refractivity contribution is -0.115. The second-order valence-corrected chi connectivity index (χ2v) is 7.67. The molecule has 0 aliphatic rings. The first-order valence-electron chi connectivity index (χ1n) is 8.90. The van der Waals surface area contributed by atoms with Crippen LogP contribution in [0.2, 0.25) is 0 Å². The van der Waals surface area contributed by atoms with Crippen LogP contribution in [-0.4, -0.2) is 40.3 Å². The molecule has 0 bridgehead atoms. The molecule has 1 heterocycles. The van der Waals surface area contributed by atoms with E-state index in [0.29, 0.717) is 28.2 Å². The number of nitrogens with one attached hydrogen (secondary N) is 1. The predicted molar refractivity (Wildman–Crippen MR) is 114 cm³/mol.